The molecule has 2 amide bonds. The van der Waals surface area contributed by atoms with Crippen molar-refractivity contribution in [3.63, 3.8) is 0 Å². The van der Waals surface area contributed by atoms with E-state index in [0.717, 1.165) is 11.9 Å². The lowest BCUT2D eigenvalue weighted by atomic mass is 9.95. The van der Waals surface area contributed by atoms with E-state index in [-0.39, 0.29) is 17.3 Å². The number of carbonyl (C=O) groups excluding carboxylic acids is 3. The molecule has 1 aromatic rings. The summed E-state index contributed by atoms with van der Waals surface area (Å²) in [5.41, 5.74) is -1.18. The lowest BCUT2D eigenvalue weighted by molar-refractivity contribution is -0.149. The van der Waals surface area contributed by atoms with Crippen molar-refractivity contribution >= 4 is 17.6 Å². The molecule has 1 saturated carbocycles. The van der Waals surface area contributed by atoms with E-state index in [9.17, 15) is 28.3 Å². The molecule has 164 valence electrons. The number of halogens is 2. The summed E-state index contributed by atoms with van der Waals surface area (Å²) in [7, 11) is 0. The third kappa shape index (κ3) is 6.61. The maximum absolute atomic E-state index is 13.0. The number of hydrogen-bond donors (Lipinski definition) is 4. The number of hydroxylamine groups is 1. The molecule has 7 nitrogen and oxygen atoms in total. The number of aliphatic hydroxyl groups is 1. The third-order valence-electron chi connectivity index (χ3n) is 4.82. The summed E-state index contributed by atoms with van der Waals surface area (Å²) in [4.78, 5) is 35.0. The Morgan fingerprint density at radius 3 is 2.42 bits per heavy atom. The van der Waals surface area contributed by atoms with Crippen molar-refractivity contribution in [2.24, 2.45) is 11.8 Å². The molecule has 0 aliphatic heterocycles. The zero-order chi connectivity index (χ0) is 23.2. The van der Waals surface area contributed by atoms with E-state index in [2.05, 4.69) is 23.7 Å². The van der Waals surface area contributed by atoms with Crippen LogP contribution in [-0.4, -0.2) is 46.0 Å². The van der Waals surface area contributed by atoms with Gasteiger partial charge in [0.15, 0.2) is 5.60 Å². The summed E-state index contributed by atoms with van der Waals surface area (Å²) in [6, 6.07) is 3.65. The van der Waals surface area contributed by atoms with Crippen molar-refractivity contribution in [1.29, 1.82) is 0 Å². The predicted octanol–water partition coefficient (Wildman–Crippen LogP) is 1.28. The molecule has 0 heterocycles. The first-order valence-electron chi connectivity index (χ1n) is 9.42. The summed E-state index contributed by atoms with van der Waals surface area (Å²) in [6.45, 7) is 2.22. The molecule has 1 aliphatic rings. The molecule has 0 spiro atoms. The van der Waals surface area contributed by atoms with Crippen molar-refractivity contribution < 1.29 is 33.5 Å². The molecular weight excluding hydrogens is 410 g/mol. The first kappa shape index (κ1) is 24.0. The molecule has 2 rings (SSSR count). The van der Waals surface area contributed by atoms with Gasteiger partial charge < -0.3 is 15.2 Å². The normalized spacial score (nSPS) is 19.6. The Morgan fingerprint density at radius 2 is 1.87 bits per heavy atom. The highest BCUT2D eigenvalue weighted by Crippen LogP contribution is 2.40. The average molecular weight is 432 g/mol. The monoisotopic (exact) mass is 432 g/mol. The van der Waals surface area contributed by atoms with Crippen LogP contribution in [0.5, 0.6) is 0 Å². The lowest BCUT2D eigenvalue weighted by Gasteiger charge is -2.30. The average Bonchev–Trinajstić information content (AvgIpc) is 3.45. The van der Waals surface area contributed by atoms with Gasteiger partial charge in [-0.1, -0.05) is 11.8 Å². The van der Waals surface area contributed by atoms with Gasteiger partial charge in [0.2, 0.25) is 0 Å². The van der Waals surface area contributed by atoms with Crippen LogP contribution in [0.4, 0.5) is 8.78 Å². The van der Waals surface area contributed by atoms with E-state index >= 15 is 0 Å². The highest BCUT2D eigenvalue weighted by molar-refractivity contribution is 5.97. The Balaban J connectivity index is 2.01. The van der Waals surface area contributed by atoms with Gasteiger partial charge in [-0.3, -0.25) is 14.8 Å². The minimum atomic E-state index is -3.36. The first-order chi connectivity index (χ1) is 14.6. The topological polar surface area (TPSA) is 116 Å². The summed E-state index contributed by atoms with van der Waals surface area (Å²) in [5, 5.41) is 20.5. The van der Waals surface area contributed by atoms with Crippen molar-refractivity contribution in [2.75, 3.05) is 0 Å². The molecular formula is C22H22F2N2O5. The number of rotatable bonds is 7. The smallest absolute Gasteiger partial charge is 0.269 e. The zero-order valence-electron chi connectivity index (χ0n) is 16.9. The Kier molecular flexibility index (Phi) is 7.87. The maximum Gasteiger partial charge on any atom is 0.269 e. The fourth-order valence-corrected chi connectivity index (χ4v) is 2.84. The molecule has 4 N–H and O–H groups in total. The van der Waals surface area contributed by atoms with E-state index in [0.29, 0.717) is 24.8 Å². The number of nitrogens with one attached hydrogen (secondary N) is 2. The number of carbonyl (C=O) groups is 3. The number of benzene rings is 1. The van der Waals surface area contributed by atoms with Crippen LogP contribution in [0.25, 0.3) is 0 Å². The van der Waals surface area contributed by atoms with E-state index in [4.69, 9.17) is 5.21 Å². The van der Waals surface area contributed by atoms with Gasteiger partial charge in [0.25, 0.3) is 18.2 Å². The highest BCUT2D eigenvalue weighted by Gasteiger charge is 2.46. The minimum absolute atomic E-state index is 0.0301. The Bertz CT molecular complexity index is 968. The molecule has 1 fully saturated rings. The summed E-state index contributed by atoms with van der Waals surface area (Å²) < 4.78 is 26.1. The summed E-state index contributed by atoms with van der Waals surface area (Å²) in [5.74, 6) is 9.57. The van der Waals surface area contributed by atoms with Crippen molar-refractivity contribution in [3.8, 4) is 23.7 Å². The number of Topliss-reactive ketones (excluding diaryl/α,β-unsaturated/α-hetero) is 1. The van der Waals surface area contributed by atoms with Crippen LogP contribution >= 0.6 is 0 Å². The van der Waals surface area contributed by atoms with E-state index in [1.165, 1.54) is 24.3 Å². The van der Waals surface area contributed by atoms with Gasteiger partial charge in [-0.05, 0) is 62.3 Å². The largest absolute Gasteiger partial charge is 0.381 e. The SMILES string of the molecule is CC(=O)CC1CC1C#CC#Cc1ccc(C(=O)N[C@H](C(=O)NO)[C@](C)(O)C(F)F)cc1. The number of amides is 2. The van der Waals surface area contributed by atoms with Crippen LogP contribution in [0.2, 0.25) is 0 Å². The molecule has 4 atom stereocenters. The molecule has 31 heavy (non-hydrogen) atoms. The van der Waals surface area contributed by atoms with Crippen LogP contribution in [0.15, 0.2) is 24.3 Å². The van der Waals surface area contributed by atoms with Gasteiger partial charge in [-0.25, -0.2) is 14.3 Å². The number of alkyl halides is 2. The van der Waals surface area contributed by atoms with Crippen LogP contribution in [0.1, 0.15) is 42.6 Å². The van der Waals surface area contributed by atoms with Gasteiger partial charge in [-0.15, -0.1) is 0 Å². The van der Waals surface area contributed by atoms with Gasteiger partial charge in [-0.2, -0.15) is 0 Å². The van der Waals surface area contributed by atoms with Crippen LogP contribution < -0.4 is 10.8 Å². The van der Waals surface area contributed by atoms with Crippen LogP contribution in [-0.2, 0) is 9.59 Å². The molecule has 9 heteroatoms. The summed E-state index contributed by atoms with van der Waals surface area (Å²) >= 11 is 0. The molecule has 1 aromatic carbocycles. The molecule has 1 aliphatic carbocycles. The van der Waals surface area contributed by atoms with Gasteiger partial charge in [0.1, 0.15) is 11.8 Å². The first-order valence-corrected chi connectivity index (χ1v) is 9.42. The van der Waals surface area contributed by atoms with Crippen molar-refractivity contribution in [2.45, 2.75) is 44.8 Å². The quantitative estimate of drug-likeness (QED) is 0.294. The van der Waals surface area contributed by atoms with E-state index in [1.54, 1.807) is 6.92 Å². The Labute approximate surface area is 178 Å². The van der Waals surface area contributed by atoms with Crippen molar-refractivity contribution in [1.82, 2.24) is 10.8 Å². The maximum atomic E-state index is 13.0. The molecule has 0 bridgehead atoms. The standard InChI is InChI=1S/C22H22F2N2O5/c1-13(27)11-17-12-16(17)6-4-3-5-14-7-9-15(10-8-14)19(28)25-18(20(29)26-31)22(2,30)21(23)24/h7-10,16-18,21,30-31H,11-12H2,1-2H3,(H,25,28)(H,26,29)/t16?,17?,18-,22+/m1/s1. The van der Waals surface area contributed by atoms with Gasteiger partial charge in [0, 0.05) is 23.5 Å². The van der Waals surface area contributed by atoms with Gasteiger partial charge >= 0.3 is 0 Å². The highest BCUT2D eigenvalue weighted by atomic mass is 19.3. The molecule has 2 unspecified atom stereocenters. The minimum Gasteiger partial charge on any atom is -0.381 e. The predicted molar refractivity (Wildman–Crippen MR) is 106 cm³/mol. The Morgan fingerprint density at radius 1 is 1.23 bits per heavy atom. The molecule has 0 aromatic heterocycles. The second-order valence-corrected chi connectivity index (χ2v) is 7.51. The second kappa shape index (κ2) is 10.2. The van der Waals surface area contributed by atoms with E-state index in [1.807, 2.05) is 5.32 Å². The van der Waals surface area contributed by atoms with Crippen LogP contribution in [0, 0.1) is 35.5 Å². The van der Waals surface area contributed by atoms with Crippen LogP contribution in [0.3, 0.4) is 0 Å². The van der Waals surface area contributed by atoms with Crippen molar-refractivity contribution in [3.05, 3.63) is 35.4 Å². The number of hydrogen-bond acceptors (Lipinski definition) is 5. The molecule has 0 radical (unpaired) electrons. The van der Waals surface area contributed by atoms with E-state index < -0.39 is 29.9 Å². The third-order valence-corrected chi connectivity index (χ3v) is 4.82. The number of ketones is 1. The fraction of sp³-hybridized carbons (Fsp3) is 0.409. The molecule has 0 saturated heterocycles. The zero-order valence-corrected chi connectivity index (χ0v) is 16.9. The lowest BCUT2D eigenvalue weighted by Crippen LogP contribution is -2.61. The summed E-state index contributed by atoms with van der Waals surface area (Å²) in [6.07, 6.45) is -1.93. The van der Waals surface area contributed by atoms with Gasteiger partial charge in [0.05, 0.1) is 0 Å². The Hall–Kier alpha value is -3.27. The second-order valence-electron chi connectivity index (χ2n) is 7.51. The fourth-order valence-electron chi connectivity index (χ4n) is 2.84.